The van der Waals surface area contributed by atoms with Crippen molar-refractivity contribution in [3.8, 4) is 0 Å². The summed E-state index contributed by atoms with van der Waals surface area (Å²) in [6.45, 7) is 2.28. The Morgan fingerprint density at radius 2 is 1.85 bits per heavy atom. The van der Waals surface area contributed by atoms with Gasteiger partial charge in [0.25, 0.3) is 0 Å². The number of hydrogen-bond acceptors (Lipinski definition) is 2. The van der Waals surface area contributed by atoms with Gasteiger partial charge in [-0.15, -0.1) is 0 Å². The maximum absolute atomic E-state index is 13.2. The van der Waals surface area contributed by atoms with Crippen LogP contribution < -0.4 is 5.32 Å². The third-order valence-corrected chi connectivity index (χ3v) is 4.27. The lowest BCUT2D eigenvalue weighted by Gasteiger charge is -2.23. The van der Waals surface area contributed by atoms with Gasteiger partial charge >= 0.3 is 0 Å². The molecule has 0 heterocycles. The number of aryl methyl sites for hydroxylation is 1. The first-order chi connectivity index (χ1) is 9.66. The Hall–Kier alpha value is -0.930. The summed E-state index contributed by atoms with van der Waals surface area (Å²) in [4.78, 5) is 0. The van der Waals surface area contributed by atoms with E-state index in [0.29, 0.717) is 18.2 Å². The number of rotatable bonds is 4. The summed E-state index contributed by atoms with van der Waals surface area (Å²) < 4.78 is 13.2. The van der Waals surface area contributed by atoms with Crippen LogP contribution in [0.25, 0.3) is 0 Å². The maximum Gasteiger partial charge on any atom is 0.126 e. The van der Waals surface area contributed by atoms with Crippen molar-refractivity contribution in [1.29, 1.82) is 0 Å². The number of hydrogen-bond donors (Lipinski definition) is 2. The summed E-state index contributed by atoms with van der Waals surface area (Å²) in [5, 5.41) is 13.7. The topological polar surface area (TPSA) is 32.3 Å². The number of nitrogens with one attached hydrogen (secondary N) is 1. The van der Waals surface area contributed by atoms with Crippen molar-refractivity contribution >= 4 is 0 Å². The van der Waals surface area contributed by atoms with E-state index < -0.39 is 6.10 Å². The molecule has 1 aromatic carbocycles. The highest BCUT2D eigenvalue weighted by molar-refractivity contribution is 5.25. The second-order valence-electron chi connectivity index (χ2n) is 5.97. The highest BCUT2D eigenvalue weighted by Crippen LogP contribution is 2.19. The summed E-state index contributed by atoms with van der Waals surface area (Å²) in [6.07, 6.45) is 8.44. The van der Waals surface area contributed by atoms with Gasteiger partial charge in [0.1, 0.15) is 5.82 Å². The third-order valence-electron chi connectivity index (χ3n) is 4.27. The summed E-state index contributed by atoms with van der Waals surface area (Å²) in [7, 11) is 0. The molecule has 0 aromatic heterocycles. The molecular weight excluding hydrogens is 253 g/mol. The zero-order valence-corrected chi connectivity index (χ0v) is 12.4. The zero-order valence-electron chi connectivity index (χ0n) is 12.4. The first kappa shape index (κ1) is 15.5. The Labute approximate surface area is 121 Å². The fourth-order valence-corrected chi connectivity index (χ4v) is 2.93. The molecule has 1 fully saturated rings. The van der Waals surface area contributed by atoms with Crippen LogP contribution in [0.3, 0.4) is 0 Å². The van der Waals surface area contributed by atoms with Gasteiger partial charge in [0.15, 0.2) is 0 Å². The van der Waals surface area contributed by atoms with E-state index in [2.05, 4.69) is 5.32 Å². The van der Waals surface area contributed by atoms with Gasteiger partial charge in [-0.2, -0.15) is 0 Å². The Balaban J connectivity index is 1.83. The van der Waals surface area contributed by atoms with Gasteiger partial charge in [-0.05, 0) is 37.0 Å². The largest absolute Gasteiger partial charge is 0.387 e. The summed E-state index contributed by atoms with van der Waals surface area (Å²) >= 11 is 0. The number of halogens is 1. The van der Waals surface area contributed by atoms with Gasteiger partial charge in [-0.1, -0.05) is 44.2 Å². The van der Waals surface area contributed by atoms with Crippen LogP contribution in [-0.4, -0.2) is 17.7 Å². The third kappa shape index (κ3) is 4.57. The smallest absolute Gasteiger partial charge is 0.126 e. The Morgan fingerprint density at radius 1 is 1.20 bits per heavy atom. The molecule has 0 saturated heterocycles. The number of benzene rings is 1. The van der Waals surface area contributed by atoms with Gasteiger partial charge < -0.3 is 10.4 Å². The van der Waals surface area contributed by atoms with E-state index in [1.165, 1.54) is 51.0 Å². The van der Waals surface area contributed by atoms with Crippen LogP contribution in [0.2, 0.25) is 0 Å². The van der Waals surface area contributed by atoms with Gasteiger partial charge in [0.2, 0.25) is 0 Å². The fourth-order valence-electron chi connectivity index (χ4n) is 2.93. The summed E-state index contributed by atoms with van der Waals surface area (Å²) in [5.74, 6) is -0.214. The van der Waals surface area contributed by atoms with Gasteiger partial charge in [0.05, 0.1) is 6.10 Å². The molecule has 1 aromatic rings. The van der Waals surface area contributed by atoms with Crippen molar-refractivity contribution in [2.45, 2.75) is 64.0 Å². The quantitative estimate of drug-likeness (QED) is 0.877. The van der Waals surface area contributed by atoms with Crippen molar-refractivity contribution in [3.63, 3.8) is 0 Å². The van der Waals surface area contributed by atoms with Crippen molar-refractivity contribution in [1.82, 2.24) is 5.32 Å². The first-order valence-electron chi connectivity index (χ1n) is 7.84. The SMILES string of the molecule is Cc1cc(C(O)CNC2CCCCCCC2)ccc1F. The van der Waals surface area contributed by atoms with Crippen LogP contribution in [0.5, 0.6) is 0 Å². The van der Waals surface area contributed by atoms with Crippen molar-refractivity contribution in [2.75, 3.05) is 6.54 Å². The standard InChI is InChI=1S/C17H26FNO/c1-13-11-14(9-10-16(13)18)17(20)12-19-15-7-5-3-2-4-6-8-15/h9-11,15,17,19-20H,2-8,12H2,1H3. The molecule has 2 rings (SSSR count). The van der Waals surface area contributed by atoms with Gasteiger partial charge in [0, 0.05) is 12.6 Å². The minimum Gasteiger partial charge on any atom is -0.387 e. The minimum absolute atomic E-state index is 0.214. The second kappa shape index (κ2) is 7.75. The van der Waals surface area contributed by atoms with Gasteiger partial charge in [-0.3, -0.25) is 0 Å². The molecule has 1 saturated carbocycles. The second-order valence-corrected chi connectivity index (χ2v) is 5.97. The van der Waals surface area contributed by atoms with E-state index in [-0.39, 0.29) is 5.82 Å². The van der Waals surface area contributed by atoms with Crippen molar-refractivity contribution in [2.24, 2.45) is 0 Å². The average molecular weight is 279 g/mol. The molecule has 3 heteroatoms. The predicted molar refractivity (Wildman–Crippen MR) is 80.2 cm³/mol. The molecule has 0 amide bonds. The average Bonchev–Trinajstić information content (AvgIpc) is 2.40. The molecular formula is C17H26FNO. The fraction of sp³-hybridized carbons (Fsp3) is 0.647. The highest BCUT2D eigenvalue weighted by Gasteiger charge is 2.14. The monoisotopic (exact) mass is 279 g/mol. The Kier molecular flexibility index (Phi) is 5.99. The molecule has 0 radical (unpaired) electrons. The molecule has 1 aliphatic carbocycles. The van der Waals surface area contributed by atoms with Gasteiger partial charge in [-0.25, -0.2) is 4.39 Å². The van der Waals surface area contributed by atoms with Crippen LogP contribution in [0.1, 0.15) is 62.2 Å². The molecule has 2 nitrogen and oxygen atoms in total. The lowest BCUT2D eigenvalue weighted by Crippen LogP contribution is -2.33. The lowest BCUT2D eigenvalue weighted by molar-refractivity contribution is 0.166. The van der Waals surface area contributed by atoms with Crippen LogP contribution in [0.4, 0.5) is 4.39 Å². The molecule has 1 unspecified atom stereocenters. The van der Waals surface area contributed by atoms with Crippen LogP contribution in [0.15, 0.2) is 18.2 Å². The summed E-state index contributed by atoms with van der Waals surface area (Å²) in [5.41, 5.74) is 1.38. The first-order valence-corrected chi connectivity index (χ1v) is 7.84. The molecule has 0 aliphatic heterocycles. The van der Waals surface area contributed by atoms with Crippen LogP contribution in [-0.2, 0) is 0 Å². The van der Waals surface area contributed by atoms with Crippen LogP contribution in [0, 0.1) is 12.7 Å². The van der Waals surface area contributed by atoms with E-state index in [1.54, 1.807) is 19.1 Å². The maximum atomic E-state index is 13.2. The molecule has 0 spiro atoms. The van der Waals surface area contributed by atoms with E-state index in [0.717, 1.165) is 5.56 Å². The van der Waals surface area contributed by atoms with Crippen LogP contribution >= 0.6 is 0 Å². The van der Waals surface area contributed by atoms with E-state index in [4.69, 9.17) is 0 Å². The Morgan fingerprint density at radius 3 is 2.50 bits per heavy atom. The number of aliphatic hydroxyl groups is 1. The molecule has 1 aliphatic rings. The van der Waals surface area contributed by atoms with E-state index in [9.17, 15) is 9.50 Å². The number of aliphatic hydroxyl groups excluding tert-OH is 1. The summed E-state index contributed by atoms with van der Waals surface area (Å²) in [6, 6.07) is 5.36. The van der Waals surface area contributed by atoms with Crippen molar-refractivity contribution in [3.05, 3.63) is 35.1 Å². The minimum atomic E-state index is -0.556. The predicted octanol–water partition coefficient (Wildman–Crippen LogP) is 3.87. The van der Waals surface area contributed by atoms with E-state index in [1.807, 2.05) is 0 Å². The van der Waals surface area contributed by atoms with Crippen molar-refractivity contribution < 1.29 is 9.50 Å². The highest BCUT2D eigenvalue weighted by atomic mass is 19.1. The zero-order chi connectivity index (χ0) is 14.4. The molecule has 0 bridgehead atoms. The normalized spacial score (nSPS) is 19.4. The molecule has 1 atom stereocenters. The Bertz CT molecular complexity index is 413. The lowest BCUT2D eigenvalue weighted by atomic mass is 9.96. The molecule has 2 N–H and O–H groups in total. The molecule has 20 heavy (non-hydrogen) atoms. The van der Waals surface area contributed by atoms with E-state index >= 15 is 0 Å². The molecule has 112 valence electrons.